The molecule has 0 radical (unpaired) electrons. The molecule has 2 amide bonds. The first-order chi connectivity index (χ1) is 8.79. The summed E-state index contributed by atoms with van der Waals surface area (Å²) in [5.41, 5.74) is 7.65. The molecule has 3 N–H and O–H groups in total. The van der Waals surface area contributed by atoms with E-state index in [2.05, 4.69) is 5.32 Å². The number of carbonyl (C=O) groups is 2. The number of carbonyl (C=O) groups excluding carboxylic acids is 2. The molecule has 0 bridgehead atoms. The second-order valence-electron chi connectivity index (χ2n) is 5.01. The van der Waals surface area contributed by atoms with E-state index in [9.17, 15) is 9.59 Å². The predicted molar refractivity (Wildman–Crippen MR) is 72.4 cm³/mol. The van der Waals surface area contributed by atoms with E-state index in [4.69, 9.17) is 10.5 Å². The van der Waals surface area contributed by atoms with E-state index in [1.54, 1.807) is 6.07 Å². The van der Waals surface area contributed by atoms with Crippen LogP contribution in [-0.2, 0) is 15.1 Å². The molecule has 0 aromatic heterocycles. The number of anilines is 1. The Bertz CT molecular complexity index is 588. The van der Waals surface area contributed by atoms with E-state index in [0.29, 0.717) is 0 Å². The average molecular weight is 260 g/mol. The van der Waals surface area contributed by atoms with Crippen molar-refractivity contribution in [2.45, 2.75) is 26.4 Å². The zero-order chi connectivity index (χ0) is 14.2. The monoisotopic (exact) mass is 260 g/mol. The number of rotatable bonds is 2. The fourth-order valence-corrected chi connectivity index (χ4v) is 2.12. The van der Waals surface area contributed by atoms with Crippen LogP contribution in [0.5, 0.6) is 0 Å². The van der Waals surface area contributed by atoms with Crippen LogP contribution in [0.2, 0.25) is 0 Å². The molecular formula is C14H16N2O3. The third-order valence-electron chi connectivity index (χ3n) is 3.07. The highest BCUT2D eigenvalue weighted by Crippen LogP contribution is 2.36. The predicted octanol–water partition coefficient (Wildman–Crippen LogP) is 2.37. The van der Waals surface area contributed by atoms with Gasteiger partial charge >= 0.3 is 6.09 Å². The summed E-state index contributed by atoms with van der Waals surface area (Å²) in [5, 5.41) is 2.65. The van der Waals surface area contributed by atoms with Gasteiger partial charge in [0.25, 0.3) is 0 Å². The Morgan fingerprint density at radius 2 is 2.11 bits per heavy atom. The van der Waals surface area contributed by atoms with Gasteiger partial charge in [0.15, 0.2) is 0 Å². The zero-order valence-electron chi connectivity index (χ0n) is 11.1. The van der Waals surface area contributed by atoms with Gasteiger partial charge in [0, 0.05) is 11.6 Å². The molecule has 0 saturated carbocycles. The lowest BCUT2D eigenvalue weighted by molar-refractivity contribution is -0.113. The Kier molecular flexibility index (Phi) is 3.06. The Morgan fingerprint density at radius 3 is 2.74 bits per heavy atom. The van der Waals surface area contributed by atoms with Gasteiger partial charge in [-0.05, 0) is 44.0 Å². The molecule has 0 saturated heterocycles. The molecule has 0 spiro atoms. The van der Waals surface area contributed by atoms with Gasteiger partial charge in [-0.3, -0.25) is 10.1 Å². The smallest absolute Gasteiger partial charge is 0.412 e. The molecule has 2 rings (SSSR count). The Labute approximate surface area is 111 Å². The maximum atomic E-state index is 11.4. The number of hydrogen-bond acceptors (Lipinski definition) is 3. The molecule has 0 aliphatic carbocycles. The van der Waals surface area contributed by atoms with E-state index < -0.39 is 17.6 Å². The minimum absolute atomic E-state index is 0.463. The number of hydrogen-bond donors (Lipinski definition) is 2. The molecule has 19 heavy (non-hydrogen) atoms. The highest BCUT2D eigenvalue weighted by Gasteiger charge is 2.33. The van der Waals surface area contributed by atoms with Crippen molar-refractivity contribution < 1.29 is 14.3 Å². The fourth-order valence-electron chi connectivity index (χ4n) is 2.12. The van der Waals surface area contributed by atoms with Gasteiger partial charge < -0.3 is 10.5 Å². The lowest BCUT2D eigenvalue weighted by Crippen LogP contribution is -2.34. The largest absolute Gasteiger partial charge is 0.438 e. The molecule has 0 fully saturated rings. The summed E-state index contributed by atoms with van der Waals surface area (Å²) in [4.78, 5) is 22.3. The van der Waals surface area contributed by atoms with Crippen LogP contribution in [0.1, 0.15) is 31.9 Å². The van der Waals surface area contributed by atoms with Crippen molar-refractivity contribution in [3.05, 3.63) is 35.4 Å². The van der Waals surface area contributed by atoms with E-state index in [-0.39, 0.29) is 0 Å². The van der Waals surface area contributed by atoms with E-state index in [0.717, 1.165) is 22.4 Å². The van der Waals surface area contributed by atoms with Gasteiger partial charge in [-0.2, -0.15) is 0 Å². The molecule has 5 heteroatoms. The maximum Gasteiger partial charge on any atom is 0.412 e. The highest BCUT2D eigenvalue weighted by atomic mass is 16.6. The summed E-state index contributed by atoms with van der Waals surface area (Å²) in [6, 6.07) is 5.52. The third kappa shape index (κ3) is 2.59. The Balaban J connectivity index is 2.49. The fraction of sp³-hybridized carbons (Fsp3) is 0.286. The van der Waals surface area contributed by atoms with Gasteiger partial charge in [-0.15, -0.1) is 0 Å². The van der Waals surface area contributed by atoms with Gasteiger partial charge in [-0.1, -0.05) is 6.07 Å². The lowest BCUT2D eigenvalue weighted by Gasteiger charge is -2.32. The zero-order valence-corrected chi connectivity index (χ0v) is 11.1. The Hall–Kier alpha value is -2.30. The maximum absolute atomic E-state index is 11.4. The van der Waals surface area contributed by atoms with Gasteiger partial charge in [0.2, 0.25) is 5.91 Å². The van der Waals surface area contributed by atoms with Crippen LogP contribution in [-0.4, -0.2) is 12.0 Å². The number of ether oxygens (including phenoxy) is 1. The quantitative estimate of drug-likeness (QED) is 0.801. The molecule has 1 aromatic carbocycles. The molecular weight excluding hydrogens is 244 g/mol. The average Bonchev–Trinajstić information content (AvgIpc) is 2.26. The molecule has 100 valence electrons. The lowest BCUT2D eigenvalue weighted by atomic mass is 9.91. The van der Waals surface area contributed by atoms with Crippen molar-refractivity contribution in [3.8, 4) is 0 Å². The van der Waals surface area contributed by atoms with Crippen LogP contribution in [0.4, 0.5) is 10.5 Å². The standard InChI is InChI=1S/C14H16N2O3/c1-8(6-12(15)17)9-4-5-11-10(7-9)14(2,3)19-13(18)16-11/h4-7H,1-3H3,(H2,15,17)(H,16,18)/b8-6+. The topological polar surface area (TPSA) is 81.4 Å². The number of nitrogens with two attached hydrogens (primary N) is 1. The van der Waals surface area contributed by atoms with E-state index >= 15 is 0 Å². The normalized spacial score (nSPS) is 17.2. The molecule has 0 unspecified atom stereocenters. The molecule has 5 nitrogen and oxygen atoms in total. The first-order valence-electron chi connectivity index (χ1n) is 5.92. The molecule has 1 heterocycles. The Morgan fingerprint density at radius 1 is 1.42 bits per heavy atom. The summed E-state index contributed by atoms with van der Waals surface area (Å²) in [7, 11) is 0. The van der Waals surface area contributed by atoms with Gasteiger partial charge in [-0.25, -0.2) is 4.79 Å². The number of fused-ring (bicyclic) bond motifs is 1. The van der Waals surface area contributed by atoms with Gasteiger partial charge in [0.05, 0.1) is 5.69 Å². The molecule has 1 aliphatic heterocycles. The van der Waals surface area contributed by atoms with Crippen molar-refractivity contribution in [2.24, 2.45) is 5.73 Å². The number of amides is 2. The first-order valence-corrected chi connectivity index (χ1v) is 5.92. The van der Waals surface area contributed by atoms with Crippen LogP contribution in [0, 0.1) is 0 Å². The third-order valence-corrected chi connectivity index (χ3v) is 3.07. The summed E-state index contributed by atoms with van der Waals surface area (Å²) in [5.74, 6) is -0.487. The van der Waals surface area contributed by atoms with Crippen LogP contribution >= 0.6 is 0 Å². The summed E-state index contributed by atoms with van der Waals surface area (Å²) < 4.78 is 5.25. The summed E-state index contributed by atoms with van der Waals surface area (Å²) in [6.45, 7) is 5.45. The van der Waals surface area contributed by atoms with Crippen LogP contribution in [0.25, 0.3) is 5.57 Å². The van der Waals surface area contributed by atoms with E-state index in [1.165, 1.54) is 6.08 Å². The second-order valence-corrected chi connectivity index (χ2v) is 5.01. The van der Waals surface area contributed by atoms with Crippen LogP contribution < -0.4 is 11.1 Å². The highest BCUT2D eigenvalue weighted by molar-refractivity contribution is 5.94. The summed E-state index contributed by atoms with van der Waals surface area (Å²) >= 11 is 0. The van der Waals surface area contributed by atoms with Crippen molar-refractivity contribution in [1.82, 2.24) is 0 Å². The molecule has 1 aromatic rings. The van der Waals surface area contributed by atoms with Crippen molar-refractivity contribution in [2.75, 3.05) is 5.32 Å². The SMILES string of the molecule is C/C(=C\C(N)=O)c1ccc2c(c1)C(C)(C)OC(=O)N2. The van der Waals surface area contributed by atoms with Crippen molar-refractivity contribution >= 4 is 23.3 Å². The number of allylic oxidation sites excluding steroid dienone is 1. The first kappa shape index (κ1) is 13.1. The number of cyclic esters (lactones) is 1. The van der Waals surface area contributed by atoms with Crippen LogP contribution in [0.15, 0.2) is 24.3 Å². The van der Waals surface area contributed by atoms with Gasteiger partial charge in [0.1, 0.15) is 5.60 Å². The molecule has 1 aliphatic rings. The minimum atomic E-state index is -0.708. The minimum Gasteiger partial charge on any atom is -0.438 e. The second kappa shape index (κ2) is 4.42. The number of primary amides is 1. The number of nitrogens with one attached hydrogen (secondary N) is 1. The van der Waals surface area contributed by atoms with Crippen molar-refractivity contribution in [1.29, 1.82) is 0 Å². The number of benzene rings is 1. The van der Waals surface area contributed by atoms with Crippen LogP contribution in [0.3, 0.4) is 0 Å². The van der Waals surface area contributed by atoms with Crippen molar-refractivity contribution in [3.63, 3.8) is 0 Å². The summed E-state index contributed by atoms with van der Waals surface area (Å²) in [6.07, 6.45) is 0.909. The molecule has 0 atom stereocenters. The van der Waals surface area contributed by atoms with E-state index in [1.807, 2.05) is 32.9 Å².